The molecule has 0 radical (unpaired) electrons. The van der Waals surface area contributed by atoms with Crippen LogP contribution in [0, 0.1) is 12.7 Å². The molecule has 1 aromatic carbocycles. The second-order valence-electron chi connectivity index (χ2n) is 4.34. The smallest absolute Gasteiger partial charge is 0.175 e. The predicted molar refractivity (Wildman–Crippen MR) is 76.2 cm³/mol. The Balaban J connectivity index is 1.78. The Hall–Kier alpha value is -2.96. The molecular weight excluding hydrogens is 273 g/mol. The minimum absolute atomic E-state index is 0.347. The van der Waals surface area contributed by atoms with E-state index in [1.807, 2.05) is 0 Å². The minimum atomic E-state index is -0.349. The van der Waals surface area contributed by atoms with E-state index in [1.54, 1.807) is 37.3 Å². The molecular formula is C14H12FN5O. The van der Waals surface area contributed by atoms with Crippen molar-refractivity contribution in [3.05, 3.63) is 54.3 Å². The first-order valence-corrected chi connectivity index (χ1v) is 6.24. The SMILES string of the molecule is Cc1cc(Nc2cc(Nc3ccccc3F)ncn2)no1. The number of hydrogen-bond donors (Lipinski definition) is 2. The van der Waals surface area contributed by atoms with Crippen LogP contribution in [0.2, 0.25) is 0 Å². The Labute approximate surface area is 120 Å². The number of nitrogens with one attached hydrogen (secondary N) is 2. The van der Waals surface area contributed by atoms with Gasteiger partial charge in [0.05, 0.1) is 5.69 Å². The van der Waals surface area contributed by atoms with Crippen LogP contribution < -0.4 is 10.6 Å². The van der Waals surface area contributed by atoms with Crippen LogP contribution in [0.25, 0.3) is 0 Å². The molecule has 0 saturated carbocycles. The van der Waals surface area contributed by atoms with Gasteiger partial charge in [0.1, 0.15) is 29.5 Å². The van der Waals surface area contributed by atoms with E-state index in [0.29, 0.717) is 28.9 Å². The summed E-state index contributed by atoms with van der Waals surface area (Å²) in [5.74, 6) is 1.88. The Morgan fingerprint density at radius 3 is 2.48 bits per heavy atom. The molecule has 0 unspecified atom stereocenters. The van der Waals surface area contributed by atoms with E-state index in [2.05, 4.69) is 25.8 Å². The molecule has 7 heteroatoms. The van der Waals surface area contributed by atoms with Crippen molar-refractivity contribution in [1.82, 2.24) is 15.1 Å². The molecule has 21 heavy (non-hydrogen) atoms. The van der Waals surface area contributed by atoms with Gasteiger partial charge in [-0.1, -0.05) is 17.3 Å². The van der Waals surface area contributed by atoms with Crippen LogP contribution in [-0.2, 0) is 0 Å². The number of aryl methyl sites for hydroxylation is 1. The van der Waals surface area contributed by atoms with Gasteiger partial charge in [-0.25, -0.2) is 14.4 Å². The molecule has 6 nitrogen and oxygen atoms in total. The zero-order valence-electron chi connectivity index (χ0n) is 11.2. The minimum Gasteiger partial charge on any atom is -0.360 e. The lowest BCUT2D eigenvalue weighted by molar-refractivity contribution is 0.400. The maximum Gasteiger partial charge on any atom is 0.175 e. The van der Waals surface area contributed by atoms with Crippen LogP contribution in [0.3, 0.4) is 0 Å². The Bertz CT molecular complexity index is 758. The largest absolute Gasteiger partial charge is 0.360 e. The second kappa shape index (κ2) is 5.58. The molecule has 0 aliphatic carbocycles. The van der Waals surface area contributed by atoms with Crippen molar-refractivity contribution in [1.29, 1.82) is 0 Å². The fraction of sp³-hybridized carbons (Fsp3) is 0.0714. The standard InChI is InChI=1S/C14H12FN5O/c1-9-6-14(20-21-9)19-13-7-12(16-8-17-13)18-11-5-3-2-4-10(11)15/h2-8H,1H3,(H2,16,17,18,19,20). The van der Waals surface area contributed by atoms with E-state index in [-0.39, 0.29) is 5.82 Å². The highest BCUT2D eigenvalue weighted by Crippen LogP contribution is 2.20. The summed E-state index contributed by atoms with van der Waals surface area (Å²) < 4.78 is 18.5. The summed E-state index contributed by atoms with van der Waals surface area (Å²) in [4.78, 5) is 8.12. The van der Waals surface area contributed by atoms with Gasteiger partial charge in [0.2, 0.25) is 0 Å². The third-order valence-corrected chi connectivity index (χ3v) is 2.69. The van der Waals surface area contributed by atoms with Crippen molar-refractivity contribution in [2.24, 2.45) is 0 Å². The monoisotopic (exact) mass is 285 g/mol. The summed E-state index contributed by atoms with van der Waals surface area (Å²) in [6.07, 6.45) is 1.37. The molecule has 2 heterocycles. The highest BCUT2D eigenvalue weighted by molar-refractivity contribution is 5.61. The highest BCUT2D eigenvalue weighted by atomic mass is 19.1. The van der Waals surface area contributed by atoms with Gasteiger partial charge in [0.25, 0.3) is 0 Å². The Morgan fingerprint density at radius 2 is 1.76 bits per heavy atom. The molecule has 0 aliphatic rings. The molecule has 106 valence electrons. The van der Waals surface area contributed by atoms with Gasteiger partial charge in [-0.3, -0.25) is 0 Å². The van der Waals surface area contributed by atoms with Crippen molar-refractivity contribution in [2.45, 2.75) is 6.92 Å². The molecule has 3 aromatic rings. The van der Waals surface area contributed by atoms with Crippen LogP contribution in [0.1, 0.15) is 5.76 Å². The number of anilines is 4. The van der Waals surface area contributed by atoms with Crippen molar-refractivity contribution < 1.29 is 8.91 Å². The first kappa shape index (κ1) is 13.0. The molecule has 0 saturated heterocycles. The quantitative estimate of drug-likeness (QED) is 0.765. The number of aromatic nitrogens is 3. The summed E-state index contributed by atoms with van der Waals surface area (Å²) in [6.45, 7) is 1.79. The first-order chi connectivity index (χ1) is 10.2. The number of hydrogen-bond acceptors (Lipinski definition) is 6. The van der Waals surface area contributed by atoms with E-state index in [9.17, 15) is 4.39 Å². The average molecular weight is 285 g/mol. The van der Waals surface area contributed by atoms with E-state index >= 15 is 0 Å². The lowest BCUT2D eigenvalue weighted by atomic mass is 10.3. The first-order valence-electron chi connectivity index (χ1n) is 6.24. The summed E-state index contributed by atoms with van der Waals surface area (Å²) in [5, 5.41) is 9.68. The van der Waals surface area contributed by atoms with Crippen LogP contribution in [0.5, 0.6) is 0 Å². The number of benzene rings is 1. The maximum atomic E-state index is 13.6. The molecule has 0 fully saturated rings. The molecule has 0 amide bonds. The summed E-state index contributed by atoms with van der Waals surface area (Å²) >= 11 is 0. The second-order valence-corrected chi connectivity index (χ2v) is 4.34. The molecule has 0 bridgehead atoms. The molecule has 0 atom stereocenters. The highest BCUT2D eigenvalue weighted by Gasteiger charge is 2.05. The average Bonchev–Trinajstić information content (AvgIpc) is 2.87. The lowest BCUT2D eigenvalue weighted by Crippen LogP contribution is -1.99. The molecule has 2 aromatic heterocycles. The maximum absolute atomic E-state index is 13.6. The van der Waals surface area contributed by atoms with Gasteiger partial charge < -0.3 is 15.2 Å². The van der Waals surface area contributed by atoms with Gasteiger partial charge >= 0.3 is 0 Å². The summed E-state index contributed by atoms with van der Waals surface area (Å²) in [6, 6.07) is 9.76. The molecule has 2 N–H and O–H groups in total. The number of rotatable bonds is 4. The molecule has 0 aliphatic heterocycles. The van der Waals surface area contributed by atoms with Crippen molar-refractivity contribution in [3.63, 3.8) is 0 Å². The fourth-order valence-corrected chi connectivity index (χ4v) is 1.75. The van der Waals surface area contributed by atoms with Gasteiger partial charge in [-0.05, 0) is 19.1 Å². The van der Waals surface area contributed by atoms with Gasteiger partial charge in [0, 0.05) is 12.1 Å². The number of halogens is 1. The third-order valence-electron chi connectivity index (χ3n) is 2.69. The van der Waals surface area contributed by atoms with Crippen LogP contribution in [0.15, 0.2) is 47.2 Å². The number of nitrogens with zero attached hydrogens (tertiary/aromatic N) is 3. The van der Waals surface area contributed by atoms with E-state index in [1.165, 1.54) is 12.4 Å². The van der Waals surface area contributed by atoms with Crippen molar-refractivity contribution in [2.75, 3.05) is 10.6 Å². The third kappa shape index (κ3) is 3.14. The van der Waals surface area contributed by atoms with Crippen LogP contribution in [0.4, 0.5) is 27.5 Å². The normalized spacial score (nSPS) is 10.4. The number of para-hydroxylation sites is 1. The zero-order chi connectivity index (χ0) is 14.7. The topological polar surface area (TPSA) is 75.9 Å². The van der Waals surface area contributed by atoms with Crippen LogP contribution in [-0.4, -0.2) is 15.1 Å². The zero-order valence-corrected chi connectivity index (χ0v) is 11.2. The van der Waals surface area contributed by atoms with Gasteiger partial charge in [-0.15, -0.1) is 0 Å². The lowest BCUT2D eigenvalue weighted by Gasteiger charge is -2.07. The molecule has 3 rings (SSSR count). The summed E-state index contributed by atoms with van der Waals surface area (Å²) in [5.41, 5.74) is 0.347. The Kier molecular flexibility index (Phi) is 3.46. The molecule has 0 spiro atoms. The van der Waals surface area contributed by atoms with Crippen molar-refractivity contribution in [3.8, 4) is 0 Å². The van der Waals surface area contributed by atoms with Crippen LogP contribution >= 0.6 is 0 Å². The van der Waals surface area contributed by atoms with Crippen molar-refractivity contribution >= 4 is 23.1 Å². The fourth-order valence-electron chi connectivity index (χ4n) is 1.75. The Morgan fingerprint density at radius 1 is 1.00 bits per heavy atom. The van der Waals surface area contributed by atoms with E-state index < -0.39 is 0 Å². The van der Waals surface area contributed by atoms with Gasteiger partial charge in [0.15, 0.2) is 5.82 Å². The summed E-state index contributed by atoms with van der Waals surface area (Å²) in [7, 11) is 0. The predicted octanol–water partition coefficient (Wildman–Crippen LogP) is 3.40. The van der Waals surface area contributed by atoms with E-state index in [4.69, 9.17) is 4.52 Å². The van der Waals surface area contributed by atoms with E-state index in [0.717, 1.165) is 0 Å². The van der Waals surface area contributed by atoms with Gasteiger partial charge in [-0.2, -0.15) is 0 Å².